The van der Waals surface area contributed by atoms with Crippen LogP contribution in [0.3, 0.4) is 0 Å². The van der Waals surface area contributed by atoms with Gasteiger partial charge in [-0.2, -0.15) is 4.39 Å². The quantitative estimate of drug-likeness (QED) is 0.299. The average Bonchev–Trinajstić information content (AvgIpc) is 3.35. The van der Waals surface area contributed by atoms with Crippen molar-refractivity contribution < 1.29 is 23.9 Å². The zero-order chi connectivity index (χ0) is 23.2. The number of amides is 1. The molecule has 3 heterocycles. The van der Waals surface area contributed by atoms with Crippen LogP contribution in [-0.2, 0) is 14.3 Å². The van der Waals surface area contributed by atoms with Crippen LogP contribution >= 0.6 is 0 Å². The Bertz CT molecular complexity index is 824. The molecule has 3 aliphatic rings. The summed E-state index contributed by atoms with van der Waals surface area (Å²) in [6, 6.07) is 0.204. The normalized spacial score (nSPS) is 22.6. The molecule has 1 aromatic rings. The van der Waals surface area contributed by atoms with Crippen molar-refractivity contribution in [3.63, 3.8) is 0 Å². The first-order valence-electron chi connectivity index (χ1n) is 11.8. The van der Waals surface area contributed by atoms with E-state index in [0.717, 1.165) is 45.4 Å². The molecule has 0 radical (unpaired) electrons. The fraction of sp³-hybridized carbons (Fsp3) is 0.727. The highest BCUT2D eigenvalue weighted by molar-refractivity contribution is 5.85. The number of ketones is 1. The van der Waals surface area contributed by atoms with Gasteiger partial charge in [0.1, 0.15) is 6.33 Å². The largest absolute Gasteiger partial charge is 0.378 e. The molecule has 1 aliphatic carbocycles. The van der Waals surface area contributed by atoms with Gasteiger partial charge in [0.15, 0.2) is 17.4 Å². The summed E-state index contributed by atoms with van der Waals surface area (Å²) in [6.07, 6.45) is 6.58. The van der Waals surface area contributed by atoms with Crippen LogP contribution in [0.1, 0.15) is 32.1 Å². The van der Waals surface area contributed by atoms with Crippen molar-refractivity contribution in [2.75, 3.05) is 62.7 Å². The van der Waals surface area contributed by atoms with Gasteiger partial charge < -0.3 is 15.0 Å². The highest BCUT2D eigenvalue weighted by Gasteiger charge is 2.32. The molecule has 2 N–H and O–H groups in total. The third-order valence-electron chi connectivity index (χ3n) is 7.02. The summed E-state index contributed by atoms with van der Waals surface area (Å²) in [5.74, 6) is -0.681. The van der Waals surface area contributed by atoms with Crippen LogP contribution in [0.25, 0.3) is 0 Å². The minimum atomic E-state index is -0.584. The van der Waals surface area contributed by atoms with Crippen LogP contribution in [-0.4, -0.2) is 95.9 Å². The van der Waals surface area contributed by atoms with E-state index in [0.29, 0.717) is 43.5 Å². The first-order valence-corrected chi connectivity index (χ1v) is 11.8. The molecule has 2 saturated heterocycles. The number of nitrogens with zero attached hydrogens (tertiary/aromatic N) is 5. The Labute approximate surface area is 193 Å². The molecule has 0 spiro atoms. The maximum absolute atomic E-state index is 15.2. The molecule has 2 aliphatic heterocycles. The van der Waals surface area contributed by atoms with Crippen LogP contribution in [0.2, 0.25) is 0 Å². The molecule has 3 fully saturated rings. The Morgan fingerprint density at radius 1 is 1.33 bits per heavy atom. The molecule has 182 valence electrons. The van der Waals surface area contributed by atoms with Crippen molar-refractivity contribution in [1.29, 1.82) is 0 Å². The van der Waals surface area contributed by atoms with Crippen molar-refractivity contribution in [3.8, 4) is 0 Å². The SMILES string of the molecule is O=CN(O)C[C@@H](CC1CCCC1)C(=O)CNc1ncnc(N2CCN3CCOC[C@@H]3C2)c1F. The summed E-state index contributed by atoms with van der Waals surface area (Å²) in [4.78, 5) is 36.2. The lowest BCUT2D eigenvalue weighted by molar-refractivity contribution is -0.154. The van der Waals surface area contributed by atoms with Gasteiger partial charge in [-0.15, -0.1) is 0 Å². The van der Waals surface area contributed by atoms with Crippen molar-refractivity contribution in [3.05, 3.63) is 12.1 Å². The number of anilines is 2. The van der Waals surface area contributed by atoms with Crippen LogP contribution < -0.4 is 10.2 Å². The number of piperazine rings is 1. The zero-order valence-electron chi connectivity index (χ0n) is 18.9. The van der Waals surface area contributed by atoms with Crippen molar-refractivity contribution >= 4 is 23.8 Å². The fourth-order valence-corrected chi connectivity index (χ4v) is 5.18. The Balaban J connectivity index is 1.38. The van der Waals surface area contributed by atoms with Gasteiger partial charge in [-0.05, 0) is 12.3 Å². The molecular weight excluding hydrogens is 431 g/mol. The van der Waals surface area contributed by atoms with Crippen molar-refractivity contribution in [2.45, 2.75) is 38.1 Å². The van der Waals surface area contributed by atoms with Gasteiger partial charge in [-0.25, -0.2) is 15.0 Å². The van der Waals surface area contributed by atoms with Crippen LogP contribution in [0.15, 0.2) is 6.33 Å². The number of Topliss-reactive ketones (excluding diaryl/α,β-unsaturated/α-hetero) is 1. The Hall–Kier alpha value is -2.37. The third kappa shape index (κ3) is 5.96. The second kappa shape index (κ2) is 11.2. The van der Waals surface area contributed by atoms with Gasteiger partial charge >= 0.3 is 0 Å². The minimum absolute atomic E-state index is 0.0217. The molecular formula is C22H33FN6O4. The van der Waals surface area contributed by atoms with Gasteiger partial charge in [0.05, 0.1) is 32.3 Å². The standard InChI is InChI=1S/C22H33FN6O4/c23-20-21(24-10-19(31)17(11-29(32)15-30)9-16-3-1-2-4-16)25-14-26-22(20)28-6-5-27-7-8-33-13-18(27)12-28/h14-18,32H,1-13H2,(H,24,25,26)/t17-,18+/m1/s1. The number of morpholine rings is 1. The maximum atomic E-state index is 15.2. The Morgan fingerprint density at radius 3 is 2.94 bits per heavy atom. The lowest BCUT2D eigenvalue weighted by atomic mass is 9.90. The van der Waals surface area contributed by atoms with Gasteiger partial charge in [0.25, 0.3) is 0 Å². The van der Waals surface area contributed by atoms with Crippen molar-refractivity contribution in [1.82, 2.24) is 19.9 Å². The third-order valence-corrected chi connectivity index (χ3v) is 7.02. The predicted octanol–water partition coefficient (Wildman–Crippen LogP) is 1.16. The molecule has 11 heteroatoms. The second-order valence-electron chi connectivity index (χ2n) is 9.20. The van der Waals surface area contributed by atoms with Gasteiger partial charge in [0.2, 0.25) is 12.2 Å². The average molecular weight is 465 g/mol. The molecule has 2 atom stereocenters. The molecule has 1 saturated carbocycles. The molecule has 33 heavy (non-hydrogen) atoms. The summed E-state index contributed by atoms with van der Waals surface area (Å²) in [5.41, 5.74) is 0. The number of rotatable bonds is 10. The monoisotopic (exact) mass is 464 g/mol. The smallest absolute Gasteiger partial charge is 0.233 e. The summed E-state index contributed by atoms with van der Waals surface area (Å²) in [6.45, 7) is 4.12. The predicted molar refractivity (Wildman–Crippen MR) is 119 cm³/mol. The fourth-order valence-electron chi connectivity index (χ4n) is 5.18. The van der Waals surface area contributed by atoms with Crippen LogP contribution in [0, 0.1) is 17.7 Å². The second-order valence-corrected chi connectivity index (χ2v) is 9.20. The van der Waals surface area contributed by atoms with E-state index in [1.165, 1.54) is 6.33 Å². The molecule has 0 unspecified atom stereocenters. The zero-order valence-corrected chi connectivity index (χ0v) is 18.9. The van der Waals surface area contributed by atoms with Crippen molar-refractivity contribution in [2.24, 2.45) is 11.8 Å². The highest BCUT2D eigenvalue weighted by atomic mass is 19.1. The number of carbonyl (C=O) groups excluding carboxylic acids is 2. The molecule has 0 bridgehead atoms. The van der Waals surface area contributed by atoms with E-state index in [1.807, 2.05) is 4.90 Å². The summed E-state index contributed by atoms with van der Waals surface area (Å²) in [5, 5.41) is 13.0. The molecule has 4 rings (SSSR count). The van der Waals surface area contributed by atoms with E-state index in [9.17, 15) is 14.8 Å². The highest BCUT2D eigenvalue weighted by Crippen LogP contribution is 2.31. The van der Waals surface area contributed by atoms with Gasteiger partial charge in [-0.3, -0.25) is 19.7 Å². The molecule has 1 aromatic heterocycles. The lowest BCUT2D eigenvalue weighted by Gasteiger charge is -2.44. The topological polar surface area (TPSA) is 111 Å². The van der Waals surface area contributed by atoms with Gasteiger partial charge in [0, 0.05) is 32.1 Å². The molecule has 10 nitrogen and oxygen atoms in total. The summed E-state index contributed by atoms with van der Waals surface area (Å²) >= 11 is 0. The van der Waals surface area contributed by atoms with E-state index in [-0.39, 0.29) is 36.6 Å². The van der Waals surface area contributed by atoms with Crippen LogP contribution in [0.5, 0.6) is 0 Å². The number of halogens is 1. The number of nitrogens with one attached hydrogen (secondary N) is 1. The number of hydrogen-bond acceptors (Lipinski definition) is 9. The first-order chi connectivity index (χ1) is 16.0. The van der Waals surface area contributed by atoms with Crippen LogP contribution in [0.4, 0.5) is 16.0 Å². The number of hydrogen-bond donors (Lipinski definition) is 2. The maximum Gasteiger partial charge on any atom is 0.233 e. The number of carbonyl (C=O) groups is 2. The Kier molecular flexibility index (Phi) is 8.05. The van der Waals surface area contributed by atoms with E-state index < -0.39 is 11.7 Å². The number of ether oxygens (including phenoxy) is 1. The number of aromatic nitrogens is 2. The molecule has 1 amide bonds. The first kappa shape index (κ1) is 23.8. The van der Waals surface area contributed by atoms with E-state index in [1.54, 1.807) is 0 Å². The summed E-state index contributed by atoms with van der Waals surface area (Å²) in [7, 11) is 0. The van der Waals surface area contributed by atoms with Gasteiger partial charge in [-0.1, -0.05) is 25.7 Å². The molecule has 0 aromatic carbocycles. The van der Waals surface area contributed by atoms with E-state index >= 15 is 4.39 Å². The number of hydroxylamine groups is 2. The van der Waals surface area contributed by atoms with E-state index in [2.05, 4.69) is 20.2 Å². The lowest BCUT2D eigenvalue weighted by Crippen LogP contribution is -2.58. The minimum Gasteiger partial charge on any atom is -0.378 e. The Morgan fingerprint density at radius 2 is 2.15 bits per heavy atom. The summed E-state index contributed by atoms with van der Waals surface area (Å²) < 4.78 is 20.8. The van der Waals surface area contributed by atoms with E-state index in [4.69, 9.17) is 4.74 Å². The number of fused-ring (bicyclic) bond motifs is 1.